The van der Waals surface area contributed by atoms with Crippen LogP contribution in [-0.2, 0) is 6.54 Å². The first-order chi connectivity index (χ1) is 11.1. The van der Waals surface area contributed by atoms with Crippen molar-refractivity contribution in [3.63, 3.8) is 0 Å². The third-order valence-electron chi connectivity index (χ3n) is 3.44. The number of benzene rings is 1. The van der Waals surface area contributed by atoms with E-state index in [2.05, 4.69) is 20.5 Å². The van der Waals surface area contributed by atoms with Crippen LogP contribution in [0.15, 0.2) is 53.5 Å². The molecule has 2 aromatic heterocycles. The molecule has 0 aliphatic carbocycles. The van der Waals surface area contributed by atoms with Gasteiger partial charge in [0.2, 0.25) is 0 Å². The summed E-state index contributed by atoms with van der Waals surface area (Å²) >= 11 is 0. The van der Waals surface area contributed by atoms with Crippen LogP contribution in [0.25, 0.3) is 11.3 Å². The molecule has 0 aliphatic heterocycles. The van der Waals surface area contributed by atoms with Gasteiger partial charge in [-0.1, -0.05) is 30.3 Å². The number of rotatable bonds is 4. The SMILES string of the molecule is Cc1cc(=O)cc(C(=O)NCc2cn[nH]c2-c2ccccc2)[nH]1. The van der Waals surface area contributed by atoms with Gasteiger partial charge in [-0.3, -0.25) is 14.7 Å². The molecule has 0 atom stereocenters. The summed E-state index contributed by atoms with van der Waals surface area (Å²) in [4.78, 5) is 26.5. The number of aromatic nitrogens is 3. The van der Waals surface area contributed by atoms with Crippen LogP contribution in [0.4, 0.5) is 0 Å². The monoisotopic (exact) mass is 308 g/mol. The average molecular weight is 308 g/mol. The van der Waals surface area contributed by atoms with Gasteiger partial charge in [-0.25, -0.2) is 0 Å². The van der Waals surface area contributed by atoms with Gasteiger partial charge in [-0.15, -0.1) is 0 Å². The lowest BCUT2D eigenvalue weighted by atomic mass is 10.1. The number of amides is 1. The Hall–Kier alpha value is -3.15. The molecule has 0 radical (unpaired) electrons. The number of hydrogen-bond donors (Lipinski definition) is 3. The van der Waals surface area contributed by atoms with Crippen molar-refractivity contribution in [2.24, 2.45) is 0 Å². The van der Waals surface area contributed by atoms with Crippen molar-refractivity contribution < 1.29 is 4.79 Å². The standard InChI is InChI=1S/C17H16N4O2/c1-11-7-14(22)8-15(20-11)17(23)18-9-13-10-19-21-16(13)12-5-3-2-4-6-12/h2-8,10H,9H2,1H3,(H,18,23)(H,19,21)(H,20,22). The van der Waals surface area contributed by atoms with Gasteiger partial charge in [0.15, 0.2) is 5.43 Å². The van der Waals surface area contributed by atoms with E-state index in [1.807, 2.05) is 30.3 Å². The Kier molecular flexibility index (Phi) is 4.05. The first kappa shape index (κ1) is 14.8. The molecule has 0 bridgehead atoms. The van der Waals surface area contributed by atoms with Crippen LogP contribution in [0.2, 0.25) is 0 Å². The Bertz CT molecular complexity index is 881. The molecule has 0 aliphatic rings. The molecule has 2 heterocycles. The van der Waals surface area contributed by atoms with Crippen LogP contribution in [-0.4, -0.2) is 21.1 Å². The zero-order valence-electron chi connectivity index (χ0n) is 12.6. The molecule has 0 saturated carbocycles. The normalized spacial score (nSPS) is 10.5. The predicted octanol–water partition coefficient (Wildman–Crippen LogP) is 2.00. The van der Waals surface area contributed by atoms with Gasteiger partial charge in [0.1, 0.15) is 5.69 Å². The van der Waals surface area contributed by atoms with Crippen molar-refractivity contribution in [3.05, 3.63) is 75.8 Å². The molecule has 0 unspecified atom stereocenters. The average Bonchev–Trinajstić information content (AvgIpc) is 3.01. The van der Waals surface area contributed by atoms with Gasteiger partial charge < -0.3 is 10.3 Å². The Balaban J connectivity index is 1.75. The van der Waals surface area contributed by atoms with E-state index in [9.17, 15) is 9.59 Å². The minimum Gasteiger partial charge on any atom is -0.354 e. The third-order valence-corrected chi connectivity index (χ3v) is 3.44. The quantitative estimate of drug-likeness (QED) is 0.688. The second kappa shape index (κ2) is 6.31. The van der Waals surface area contributed by atoms with E-state index < -0.39 is 0 Å². The molecule has 3 rings (SSSR count). The lowest BCUT2D eigenvalue weighted by molar-refractivity contribution is 0.0945. The van der Waals surface area contributed by atoms with E-state index >= 15 is 0 Å². The maximum atomic E-state index is 12.2. The largest absolute Gasteiger partial charge is 0.354 e. The topological polar surface area (TPSA) is 90.6 Å². The molecule has 1 aromatic carbocycles. The smallest absolute Gasteiger partial charge is 0.268 e. The number of nitrogens with one attached hydrogen (secondary N) is 3. The van der Waals surface area contributed by atoms with Gasteiger partial charge in [0.25, 0.3) is 5.91 Å². The number of H-pyrrole nitrogens is 2. The van der Waals surface area contributed by atoms with Gasteiger partial charge in [0, 0.05) is 29.9 Å². The summed E-state index contributed by atoms with van der Waals surface area (Å²) in [7, 11) is 0. The summed E-state index contributed by atoms with van der Waals surface area (Å²) < 4.78 is 0. The number of nitrogens with zero attached hydrogens (tertiary/aromatic N) is 1. The highest BCUT2D eigenvalue weighted by molar-refractivity contribution is 5.92. The molecule has 3 N–H and O–H groups in total. The predicted molar refractivity (Wildman–Crippen MR) is 87.0 cm³/mol. The van der Waals surface area contributed by atoms with Crippen LogP contribution in [0, 0.1) is 6.92 Å². The number of carbonyl (C=O) groups excluding carboxylic acids is 1. The van der Waals surface area contributed by atoms with Crippen LogP contribution in [0.5, 0.6) is 0 Å². The van der Waals surface area contributed by atoms with Crippen LogP contribution in [0.3, 0.4) is 0 Å². The lowest BCUT2D eigenvalue weighted by Crippen LogP contribution is -2.25. The van der Waals surface area contributed by atoms with Gasteiger partial charge in [0.05, 0.1) is 11.9 Å². The van der Waals surface area contributed by atoms with Crippen molar-refractivity contribution in [3.8, 4) is 11.3 Å². The number of aromatic amines is 2. The minimum absolute atomic E-state index is 0.195. The van der Waals surface area contributed by atoms with Gasteiger partial charge in [-0.05, 0) is 12.5 Å². The fourth-order valence-electron chi connectivity index (χ4n) is 2.37. The zero-order valence-corrected chi connectivity index (χ0v) is 12.6. The molecule has 1 amide bonds. The van der Waals surface area contributed by atoms with E-state index in [0.717, 1.165) is 16.8 Å². The van der Waals surface area contributed by atoms with Crippen molar-refractivity contribution >= 4 is 5.91 Å². The number of pyridine rings is 1. The highest BCUT2D eigenvalue weighted by atomic mass is 16.2. The number of hydrogen-bond acceptors (Lipinski definition) is 3. The van der Waals surface area contributed by atoms with Gasteiger partial charge >= 0.3 is 0 Å². The third kappa shape index (κ3) is 3.37. The maximum absolute atomic E-state index is 12.2. The summed E-state index contributed by atoms with van der Waals surface area (Å²) in [6.07, 6.45) is 1.68. The number of carbonyl (C=O) groups is 1. The first-order valence-electron chi connectivity index (χ1n) is 7.20. The first-order valence-corrected chi connectivity index (χ1v) is 7.20. The summed E-state index contributed by atoms with van der Waals surface area (Å²) in [5.41, 5.74) is 3.44. The molecular formula is C17H16N4O2. The van der Waals surface area contributed by atoms with E-state index in [4.69, 9.17) is 0 Å². The molecule has 0 saturated heterocycles. The van der Waals surface area contributed by atoms with Crippen molar-refractivity contribution in [1.29, 1.82) is 0 Å². The summed E-state index contributed by atoms with van der Waals surface area (Å²) in [6, 6.07) is 12.5. The Labute approximate surface area is 132 Å². The second-order valence-electron chi connectivity index (χ2n) is 5.23. The molecule has 0 fully saturated rings. The van der Waals surface area contributed by atoms with Crippen LogP contribution in [0.1, 0.15) is 21.7 Å². The second-order valence-corrected chi connectivity index (χ2v) is 5.23. The number of aryl methyl sites for hydroxylation is 1. The fraction of sp³-hybridized carbons (Fsp3) is 0.118. The minimum atomic E-state index is -0.328. The molecule has 0 spiro atoms. The fourth-order valence-corrected chi connectivity index (χ4v) is 2.37. The molecule has 6 heteroatoms. The molecule has 3 aromatic rings. The molecule has 116 valence electrons. The van der Waals surface area contributed by atoms with E-state index in [1.54, 1.807) is 13.1 Å². The Morgan fingerprint density at radius 1 is 1.22 bits per heavy atom. The van der Waals surface area contributed by atoms with E-state index in [0.29, 0.717) is 12.2 Å². The summed E-state index contributed by atoms with van der Waals surface area (Å²) in [6.45, 7) is 2.05. The highest BCUT2D eigenvalue weighted by Gasteiger charge is 2.11. The molecular weight excluding hydrogens is 292 g/mol. The molecule has 23 heavy (non-hydrogen) atoms. The summed E-state index contributed by atoms with van der Waals surface area (Å²) in [5, 5.41) is 9.78. The Morgan fingerprint density at radius 2 is 2.00 bits per heavy atom. The van der Waals surface area contributed by atoms with Gasteiger partial charge in [-0.2, -0.15) is 5.10 Å². The lowest BCUT2D eigenvalue weighted by Gasteiger charge is -2.07. The van der Waals surface area contributed by atoms with Crippen LogP contribution >= 0.6 is 0 Å². The van der Waals surface area contributed by atoms with Crippen molar-refractivity contribution in [2.75, 3.05) is 0 Å². The maximum Gasteiger partial charge on any atom is 0.268 e. The van der Waals surface area contributed by atoms with Crippen molar-refractivity contribution in [1.82, 2.24) is 20.5 Å². The zero-order chi connectivity index (χ0) is 16.2. The Morgan fingerprint density at radius 3 is 2.74 bits per heavy atom. The van der Waals surface area contributed by atoms with E-state index in [-0.39, 0.29) is 17.0 Å². The van der Waals surface area contributed by atoms with E-state index in [1.165, 1.54) is 12.1 Å². The molecule has 6 nitrogen and oxygen atoms in total. The van der Waals surface area contributed by atoms with Crippen LogP contribution < -0.4 is 10.7 Å². The highest BCUT2D eigenvalue weighted by Crippen LogP contribution is 2.20. The van der Waals surface area contributed by atoms with Crippen molar-refractivity contribution in [2.45, 2.75) is 13.5 Å². The summed E-state index contributed by atoms with van der Waals surface area (Å²) in [5.74, 6) is -0.328.